The number of anilines is 3. The zero-order valence-corrected chi connectivity index (χ0v) is 20.3. The van der Waals surface area contributed by atoms with Crippen molar-refractivity contribution in [1.29, 1.82) is 0 Å². The Labute approximate surface area is 200 Å². The minimum Gasteiger partial charge on any atom is -0.378 e. The summed E-state index contributed by atoms with van der Waals surface area (Å²) < 4.78 is 31.6. The molecule has 8 nitrogen and oxygen atoms in total. The van der Waals surface area contributed by atoms with Gasteiger partial charge in [0.1, 0.15) is 0 Å². The Morgan fingerprint density at radius 2 is 1.73 bits per heavy atom. The van der Waals surface area contributed by atoms with Crippen LogP contribution >= 0.6 is 15.9 Å². The predicted molar refractivity (Wildman–Crippen MR) is 132 cm³/mol. The van der Waals surface area contributed by atoms with Gasteiger partial charge < -0.3 is 15.0 Å². The van der Waals surface area contributed by atoms with E-state index in [9.17, 15) is 8.42 Å². The summed E-state index contributed by atoms with van der Waals surface area (Å²) in [5.41, 5.74) is 4.53. The fraction of sp³-hybridized carbons (Fsp3) is 0.217. The Balaban J connectivity index is 1.42. The minimum atomic E-state index is -3.25. The second kappa shape index (κ2) is 8.77. The van der Waals surface area contributed by atoms with E-state index in [0.717, 1.165) is 58.9 Å². The maximum Gasteiger partial charge on any atom is 0.245 e. The first-order valence-electron chi connectivity index (χ1n) is 10.4. The number of hydrogen-bond acceptors (Lipinski definition) is 7. The van der Waals surface area contributed by atoms with Crippen LogP contribution in [0.3, 0.4) is 0 Å². The summed E-state index contributed by atoms with van der Waals surface area (Å²) in [4.78, 5) is 7.03. The molecule has 3 heterocycles. The van der Waals surface area contributed by atoms with Gasteiger partial charge in [-0.3, -0.25) is 0 Å². The SMILES string of the molecule is CS(=O)(=O)c1ccc(-c2cc(Br)c3cnc(Nc4ccc(N5CCOCC5)cc4)nn23)cc1. The lowest BCUT2D eigenvalue weighted by atomic mass is 10.2. The molecule has 2 aromatic carbocycles. The molecule has 10 heteroatoms. The van der Waals surface area contributed by atoms with E-state index in [2.05, 4.69) is 48.4 Å². The third kappa shape index (κ3) is 4.59. The maximum atomic E-state index is 11.8. The van der Waals surface area contributed by atoms with Gasteiger partial charge in [-0.25, -0.2) is 17.9 Å². The molecule has 0 amide bonds. The zero-order valence-electron chi connectivity index (χ0n) is 17.9. The molecule has 0 aliphatic carbocycles. The quantitative estimate of drug-likeness (QED) is 0.417. The van der Waals surface area contributed by atoms with E-state index in [1.54, 1.807) is 35.0 Å². The van der Waals surface area contributed by atoms with Gasteiger partial charge in [0.15, 0.2) is 9.84 Å². The van der Waals surface area contributed by atoms with Crippen molar-refractivity contribution in [3.63, 3.8) is 0 Å². The van der Waals surface area contributed by atoms with E-state index in [4.69, 9.17) is 4.74 Å². The van der Waals surface area contributed by atoms with Crippen LogP contribution in [0, 0.1) is 0 Å². The molecule has 1 aliphatic rings. The third-order valence-electron chi connectivity index (χ3n) is 5.55. The number of sulfone groups is 1. The van der Waals surface area contributed by atoms with Crippen LogP contribution in [-0.2, 0) is 14.6 Å². The van der Waals surface area contributed by atoms with Gasteiger partial charge in [-0.15, -0.1) is 5.10 Å². The monoisotopic (exact) mass is 527 g/mol. The first kappa shape index (κ1) is 21.9. The fourth-order valence-corrected chi connectivity index (χ4v) is 4.91. The normalized spacial score (nSPS) is 14.5. The first-order chi connectivity index (χ1) is 15.9. The number of rotatable bonds is 5. The summed E-state index contributed by atoms with van der Waals surface area (Å²) in [7, 11) is -3.25. The molecule has 0 bridgehead atoms. The average Bonchev–Trinajstić information content (AvgIpc) is 3.15. The number of fused-ring (bicyclic) bond motifs is 1. The Bertz CT molecular complexity index is 1400. The summed E-state index contributed by atoms with van der Waals surface area (Å²) in [6, 6.07) is 16.9. The van der Waals surface area contributed by atoms with Crippen molar-refractivity contribution in [2.75, 3.05) is 42.8 Å². The van der Waals surface area contributed by atoms with E-state index < -0.39 is 9.84 Å². The van der Waals surface area contributed by atoms with E-state index >= 15 is 0 Å². The van der Waals surface area contributed by atoms with Gasteiger partial charge in [-0.2, -0.15) is 0 Å². The lowest BCUT2D eigenvalue weighted by molar-refractivity contribution is 0.122. The maximum absolute atomic E-state index is 11.8. The summed E-state index contributed by atoms with van der Waals surface area (Å²) in [5.74, 6) is 0.457. The highest BCUT2D eigenvalue weighted by molar-refractivity contribution is 9.10. The Morgan fingerprint density at radius 3 is 2.39 bits per heavy atom. The van der Waals surface area contributed by atoms with Gasteiger partial charge in [-0.1, -0.05) is 12.1 Å². The number of nitrogens with one attached hydrogen (secondary N) is 1. The van der Waals surface area contributed by atoms with Gasteiger partial charge in [-0.05, 0) is 58.4 Å². The lowest BCUT2D eigenvalue weighted by Crippen LogP contribution is -2.36. The number of nitrogens with zero attached hydrogens (tertiary/aromatic N) is 4. The van der Waals surface area contributed by atoms with E-state index in [1.165, 1.54) is 6.26 Å². The number of hydrogen-bond donors (Lipinski definition) is 1. The van der Waals surface area contributed by atoms with Crippen molar-refractivity contribution in [3.8, 4) is 11.3 Å². The second-order valence-electron chi connectivity index (χ2n) is 7.82. The molecule has 0 saturated carbocycles. The molecule has 0 radical (unpaired) electrons. The van der Waals surface area contributed by atoms with Crippen LogP contribution in [0.25, 0.3) is 16.8 Å². The Morgan fingerprint density at radius 1 is 1.03 bits per heavy atom. The number of morpholine rings is 1. The lowest BCUT2D eigenvalue weighted by Gasteiger charge is -2.28. The molecule has 1 saturated heterocycles. The standard InChI is InChI=1S/C23H22BrN5O3S/c1-33(30,31)19-8-2-16(3-9-19)21-14-20(24)22-15-25-23(27-29(21)22)26-17-4-6-18(7-5-17)28-10-12-32-13-11-28/h2-9,14-15H,10-13H2,1H3,(H,26,27). The molecule has 0 atom stereocenters. The molecular formula is C23H22BrN5O3S. The van der Waals surface area contributed by atoms with Gasteiger partial charge >= 0.3 is 0 Å². The number of aromatic nitrogens is 3. The van der Waals surface area contributed by atoms with Crippen LogP contribution < -0.4 is 10.2 Å². The van der Waals surface area contributed by atoms with E-state index in [-0.39, 0.29) is 4.90 Å². The summed E-state index contributed by atoms with van der Waals surface area (Å²) >= 11 is 3.57. The van der Waals surface area contributed by atoms with Crippen molar-refractivity contribution in [3.05, 3.63) is 65.3 Å². The van der Waals surface area contributed by atoms with Crippen LogP contribution in [0.15, 0.2) is 70.2 Å². The number of halogens is 1. The van der Waals surface area contributed by atoms with Crippen LogP contribution in [0.5, 0.6) is 0 Å². The van der Waals surface area contributed by atoms with Gasteiger partial charge in [0.2, 0.25) is 5.95 Å². The van der Waals surface area contributed by atoms with Crippen LogP contribution in [-0.4, -0.2) is 55.6 Å². The van der Waals surface area contributed by atoms with Crippen molar-refractivity contribution < 1.29 is 13.2 Å². The van der Waals surface area contributed by atoms with Crippen molar-refractivity contribution in [2.24, 2.45) is 0 Å². The molecule has 1 N–H and O–H groups in total. The summed E-state index contributed by atoms with van der Waals surface area (Å²) in [6.45, 7) is 3.28. The molecule has 0 unspecified atom stereocenters. The summed E-state index contributed by atoms with van der Waals surface area (Å²) in [5, 5.41) is 7.93. The first-order valence-corrected chi connectivity index (χ1v) is 13.1. The molecule has 170 valence electrons. The molecule has 1 aliphatic heterocycles. The van der Waals surface area contributed by atoms with Gasteiger partial charge in [0, 0.05) is 40.8 Å². The second-order valence-corrected chi connectivity index (χ2v) is 10.7. The van der Waals surface area contributed by atoms with Gasteiger partial charge in [0.05, 0.1) is 35.5 Å². The van der Waals surface area contributed by atoms with Crippen molar-refractivity contribution in [2.45, 2.75) is 4.90 Å². The van der Waals surface area contributed by atoms with Crippen LogP contribution in [0.2, 0.25) is 0 Å². The average molecular weight is 528 g/mol. The minimum absolute atomic E-state index is 0.281. The molecule has 5 rings (SSSR count). The highest BCUT2D eigenvalue weighted by Gasteiger charge is 2.14. The topological polar surface area (TPSA) is 88.8 Å². The van der Waals surface area contributed by atoms with E-state index in [0.29, 0.717) is 5.95 Å². The van der Waals surface area contributed by atoms with E-state index in [1.807, 2.05) is 18.2 Å². The molecule has 4 aromatic rings. The smallest absolute Gasteiger partial charge is 0.245 e. The number of benzene rings is 2. The van der Waals surface area contributed by atoms with Crippen LogP contribution in [0.4, 0.5) is 17.3 Å². The molecule has 1 fully saturated rings. The highest BCUT2D eigenvalue weighted by atomic mass is 79.9. The predicted octanol–water partition coefficient (Wildman–Crippen LogP) is 4.14. The highest BCUT2D eigenvalue weighted by Crippen LogP contribution is 2.30. The molecule has 2 aromatic heterocycles. The molecule has 33 heavy (non-hydrogen) atoms. The zero-order chi connectivity index (χ0) is 23.0. The number of ether oxygens (including phenoxy) is 1. The van der Waals surface area contributed by atoms with Gasteiger partial charge in [0.25, 0.3) is 0 Å². The molecular weight excluding hydrogens is 506 g/mol. The van der Waals surface area contributed by atoms with Crippen LogP contribution in [0.1, 0.15) is 0 Å². The summed E-state index contributed by atoms with van der Waals surface area (Å²) in [6.07, 6.45) is 2.94. The third-order valence-corrected chi connectivity index (χ3v) is 7.31. The largest absolute Gasteiger partial charge is 0.378 e. The van der Waals surface area contributed by atoms with Crippen molar-refractivity contribution in [1.82, 2.24) is 14.6 Å². The fourth-order valence-electron chi connectivity index (χ4n) is 3.79. The molecule has 0 spiro atoms. The Hall–Kier alpha value is -2.95. The Kier molecular flexibility index (Phi) is 5.81. The van der Waals surface area contributed by atoms with Crippen molar-refractivity contribution >= 4 is 48.6 Å².